The summed E-state index contributed by atoms with van der Waals surface area (Å²) in [4.78, 5) is 19.1. The molecule has 1 saturated heterocycles. The largest absolute Gasteiger partial charge is 0.497 e. The van der Waals surface area contributed by atoms with Crippen LogP contribution in [0.4, 0.5) is 0 Å². The maximum atomic E-state index is 11.8. The van der Waals surface area contributed by atoms with E-state index in [0.29, 0.717) is 25.0 Å². The molecule has 1 aliphatic heterocycles. The van der Waals surface area contributed by atoms with E-state index >= 15 is 0 Å². The van der Waals surface area contributed by atoms with Crippen molar-refractivity contribution in [2.75, 3.05) is 46.9 Å². The molecular formula is C23H37N5O2. The lowest BCUT2D eigenvalue weighted by Gasteiger charge is -2.39. The molecule has 7 nitrogen and oxygen atoms in total. The monoisotopic (exact) mass is 415 g/mol. The first kappa shape index (κ1) is 22.4. The van der Waals surface area contributed by atoms with Crippen LogP contribution >= 0.6 is 0 Å². The van der Waals surface area contributed by atoms with Crippen molar-refractivity contribution in [2.45, 2.75) is 38.6 Å². The van der Waals surface area contributed by atoms with Crippen LogP contribution in [0, 0.1) is 11.8 Å². The Labute approximate surface area is 180 Å². The van der Waals surface area contributed by atoms with Gasteiger partial charge in [0, 0.05) is 38.1 Å². The lowest BCUT2D eigenvalue weighted by molar-refractivity contribution is -0.122. The van der Waals surface area contributed by atoms with E-state index in [9.17, 15) is 4.79 Å². The predicted octanol–water partition coefficient (Wildman–Crippen LogP) is 2.16. The van der Waals surface area contributed by atoms with Crippen LogP contribution in [-0.2, 0) is 4.79 Å². The van der Waals surface area contributed by atoms with Gasteiger partial charge in [-0.3, -0.25) is 14.7 Å². The van der Waals surface area contributed by atoms with Gasteiger partial charge in [0.25, 0.3) is 0 Å². The van der Waals surface area contributed by atoms with Crippen molar-refractivity contribution in [3.63, 3.8) is 0 Å². The molecule has 7 heteroatoms. The van der Waals surface area contributed by atoms with E-state index in [1.807, 2.05) is 12.1 Å². The Hall–Kier alpha value is -2.28. The van der Waals surface area contributed by atoms with Gasteiger partial charge in [-0.25, -0.2) is 0 Å². The van der Waals surface area contributed by atoms with E-state index < -0.39 is 0 Å². The van der Waals surface area contributed by atoms with E-state index in [-0.39, 0.29) is 11.8 Å². The van der Waals surface area contributed by atoms with Crippen molar-refractivity contribution >= 4 is 11.9 Å². The summed E-state index contributed by atoms with van der Waals surface area (Å²) in [5.41, 5.74) is 1.32. The average Bonchev–Trinajstić information content (AvgIpc) is 3.60. The molecule has 2 unspecified atom stereocenters. The van der Waals surface area contributed by atoms with Crippen LogP contribution in [-0.4, -0.2) is 63.6 Å². The molecule has 3 rings (SSSR count). The Morgan fingerprint density at radius 3 is 2.53 bits per heavy atom. The van der Waals surface area contributed by atoms with Gasteiger partial charge < -0.3 is 20.7 Å². The molecule has 0 aromatic heterocycles. The summed E-state index contributed by atoms with van der Waals surface area (Å²) >= 11 is 0. The summed E-state index contributed by atoms with van der Waals surface area (Å²) in [6.45, 7) is 6.06. The van der Waals surface area contributed by atoms with E-state index in [1.54, 1.807) is 7.11 Å². The molecule has 0 bridgehead atoms. The van der Waals surface area contributed by atoms with Crippen molar-refractivity contribution in [1.82, 2.24) is 20.9 Å². The highest BCUT2D eigenvalue weighted by molar-refractivity contribution is 5.81. The number of nitrogens with one attached hydrogen (secondary N) is 3. The molecule has 1 aromatic rings. The third kappa shape index (κ3) is 6.36. The Kier molecular flexibility index (Phi) is 8.37. The lowest BCUT2D eigenvalue weighted by atomic mass is 9.85. The van der Waals surface area contributed by atoms with Crippen molar-refractivity contribution < 1.29 is 9.53 Å². The molecule has 30 heavy (non-hydrogen) atoms. The van der Waals surface area contributed by atoms with Gasteiger partial charge in [0.05, 0.1) is 7.11 Å². The number of methoxy groups -OCH3 is 1. The smallest absolute Gasteiger partial charge is 0.223 e. The van der Waals surface area contributed by atoms with Crippen molar-refractivity contribution in [2.24, 2.45) is 16.8 Å². The summed E-state index contributed by atoms with van der Waals surface area (Å²) in [5.74, 6) is 2.61. The number of amides is 1. The van der Waals surface area contributed by atoms with Crippen molar-refractivity contribution in [3.05, 3.63) is 29.8 Å². The summed E-state index contributed by atoms with van der Waals surface area (Å²) in [6, 6.07) is 8.79. The van der Waals surface area contributed by atoms with Crippen LogP contribution in [0.3, 0.4) is 0 Å². The SMILES string of the molecule is CCNC(=NCC1CCCN(C)C1c1ccc(OC)cc1)NCCNC(=O)C1CC1. The first-order valence-corrected chi connectivity index (χ1v) is 11.3. The quantitative estimate of drug-likeness (QED) is 0.327. The molecule has 2 atom stereocenters. The first-order chi connectivity index (χ1) is 14.6. The number of hydrogen-bond acceptors (Lipinski definition) is 4. The topological polar surface area (TPSA) is 78.0 Å². The third-order valence-corrected chi connectivity index (χ3v) is 5.96. The third-order valence-electron chi connectivity index (χ3n) is 5.96. The summed E-state index contributed by atoms with van der Waals surface area (Å²) in [7, 11) is 3.91. The minimum Gasteiger partial charge on any atom is -0.497 e. The fourth-order valence-corrected chi connectivity index (χ4v) is 4.19. The normalized spacial score (nSPS) is 22.4. The van der Waals surface area contributed by atoms with Crippen LogP contribution in [0.15, 0.2) is 29.3 Å². The molecule has 0 radical (unpaired) electrons. The van der Waals surface area contributed by atoms with Gasteiger partial charge in [-0.1, -0.05) is 12.1 Å². The van der Waals surface area contributed by atoms with E-state index in [0.717, 1.165) is 44.2 Å². The summed E-state index contributed by atoms with van der Waals surface area (Å²) in [5, 5.41) is 9.66. The van der Waals surface area contributed by atoms with Crippen molar-refractivity contribution in [1.29, 1.82) is 0 Å². The number of likely N-dealkylation sites (tertiary alicyclic amines) is 1. The molecule has 1 saturated carbocycles. The van der Waals surface area contributed by atoms with Crippen LogP contribution in [0.1, 0.15) is 44.2 Å². The maximum absolute atomic E-state index is 11.8. The van der Waals surface area contributed by atoms with Crippen molar-refractivity contribution in [3.8, 4) is 5.75 Å². The van der Waals surface area contributed by atoms with Gasteiger partial charge in [-0.05, 0) is 69.8 Å². The molecule has 0 spiro atoms. The first-order valence-electron chi connectivity index (χ1n) is 11.3. The van der Waals surface area contributed by atoms with Crippen LogP contribution in [0.25, 0.3) is 0 Å². The zero-order chi connectivity index (χ0) is 21.3. The summed E-state index contributed by atoms with van der Waals surface area (Å²) in [6.07, 6.45) is 4.44. The van der Waals surface area contributed by atoms with Gasteiger partial charge in [-0.2, -0.15) is 0 Å². The van der Waals surface area contributed by atoms with Gasteiger partial charge >= 0.3 is 0 Å². The van der Waals surface area contributed by atoms with Crippen LogP contribution in [0.2, 0.25) is 0 Å². The summed E-state index contributed by atoms with van der Waals surface area (Å²) < 4.78 is 5.32. The minimum absolute atomic E-state index is 0.186. The highest BCUT2D eigenvalue weighted by atomic mass is 16.5. The highest BCUT2D eigenvalue weighted by Crippen LogP contribution is 2.35. The van der Waals surface area contributed by atoms with E-state index in [4.69, 9.17) is 9.73 Å². The number of carbonyl (C=O) groups is 1. The molecule has 3 N–H and O–H groups in total. The van der Waals surface area contributed by atoms with Crippen LogP contribution < -0.4 is 20.7 Å². The Balaban J connectivity index is 1.57. The number of benzene rings is 1. The number of piperidine rings is 1. The molecule has 2 fully saturated rings. The maximum Gasteiger partial charge on any atom is 0.223 e. The number of carbonyl (C=O) groups excluding carboxylic acids is 1. The standard InChI is InChI=1S/C23H37N5O2/c1-4-24-23(26-14-13-25-22(29)18-7-8-18)27-16-19-6-5-15-28(2)21(19)17-9-11-20(30-3)12-10-17/h9-12,18-19,21H,4-8,13-16H2,1-3H3,(H,25,29)(H2,24,26,27). The molecule has 2 aliphatic rings. The molecule has 1 aliphatic carbocycles. The number of ether oxygens (including phenoxy) is 1. The zero-order valence-corrected chi connectivity index (χ0v) is 18.6. The Morgan fingerprint density at radius 2 is 1.87 bits per heavy atom. The fourth-order valence-electron chi connectivity index (χ4n) is 4.19. The van der Waals surface area contributed by atoms with Gasteiger partial charge in [0.15, 0.2) is 5.96 Å². The number of nitrogens with zero attached hydrogens (tertiary/aromatic N) is 2. The zero-order valence-electron chi connectivity index (χ0n) is 18.6. The van der Waals surface area contributed by atoms with Gasteiger partial charge in [-0.15, -0.1) is 0 Å². The van der Waals surface area contributed by atoms with Gasteiger partial charge in [0.1, 0.15) is 5.75 Å². The molecule has 1 amide bonds. The lowest BCUT2D eigenvalue weighted by Crippen LogP contribution is -2.42. The Morgan fingerprint density at radius 1 is 1.13 bits per heavy atom. The number of guanidine groups is 1. The predicted molar refractivity (Wildman–Crippen MR) is 121 cm³/mol. The van der Waals surface area contributed by atoms with Gasteiger partial charge in [0.2, 0.25) is 5.91 Å². The number of hydrogen-bond donors (Lipinski definition) is 3. The van der Waals surface area contributed by atoms with E-state index in [1.165, 1.54) is 18.4 Å². The number of rotatable bonds is 9. The molecule has 1 aromatic carbocycles. The molecule has 1 heterocycles. The second-order valence-corrected chi connectivity index (χ2v) is 8.31. The fraction of sp³-hybridized carbons (Fsp3) is 0.652. The second-order valence-electron chi connectivity index (χ2n) is 8.31. The number of aliphatic imine (C=N–C) groups is 1. The van der Waals surface area contributed by atoms with Crippen LogP contribution in [0.5, 0.6) is 5.75 Å². The van der Waals surface area contributed by atoms with E-state index in [2.05, 4.69) is 47.0 Å². The minimum atomic E-state index is 0.186. The second kappa shape index (κ2) is 11.2. The molecule has 166 valence electrons. The average molecular weight is 416 g/mol. The highest BCUT2D eigenvalue weighted by Gasteiger charge is 2.30. The molecular weight excluding hydrogens is 378 g/mol. The Bertz CT molecular complexity index is 702.